The molecular weight excluding hydrogens is 350 g/mol. The van der Waals surface area contributed by atoms with Crippen LogP contribution in [0.3, 0.4) is 0 Å². The number of primary amides is 1. The highest BCUT2D eigenvalue weighted by Crippen LogP contribution is 2.14. The van der Waals surface area contributed by atoms with Crippen molar-refractivity contribution in [3.63, 3.8) is 0 Å². The number of ether oxygens (including phenoxy) is 1. The molecule has 0 unspecified atom stereocenters. The number of nitrogens with one attached hydrogen (secondary N) is 2. The molecule has 27 heavy (non-hydrogen) atoms. The summed E-state index contributed by atoms with van der Waals surface area (Å²) in [6.07, 6.45) is -1.06. The minimum absolute atomic E-state index is 0.201. The predicted molar refractivity (Wildman–Crippen MR) is 99.2 cm³/mol. The average molecular weight is 369 g/mol. The number of esters is 1. The van der Waals surface area contributed by atoms with Gasteiger partial charge in [0.25, 0.3) is 5.91 Å². The standard InChI is InChI=1S/C19H19N3O5/c1-11(18(25)22-15-8-6-13(7-9-15)17(20)24)27-19(26)14-4-3-5-16(10-14)21-12(2)23/h3-11H,1-2H3,(H2,20,24)(H,21,23)(H,22,25)/t11-/m1/s1. The highest BCUT2D eigenvalue weighted by Gasteiger charge is 2.19. The van der Waals surface area contributed by atoms with Gasteiger partial charge < -0.3 is 21.1 Å². The van der Waals surface area contributed by atoms with Gasteiger partial charge in [0.1, 0.15) is 0 Å². The zero-order valence-corrected chi connectivity index (χ0v) is 14.8. The SMILES string of the molecule is CC(=O)Nc1cccc(C(=O)O[C@H](C)C(=O)Nc2ccc(C(N)=O)cc2)c1. The topological polar surface area (TPSA) is 128 Å². The molecule has 0 aliphatic rings. The normalized spacial score (nSPS) is 11.2. The third-order valence-corrected chi connectivity index (χ3v) is 3.51. The minimum atomic E-state index is -1.06. The lowest BCUT2D eigenvalue weighted by Crippen LogP contribution is -2.30. The van der Waals surface area contributed by atoms with E-state index in [-0.39, 0.29) is 11.5 Å². The van der Waals surface area contributed by atoms with Crippen LogP contribution >= 0.6 is 0 Å². The van der Waals surface area contributed by atoms with Crippen LogP contribution < -0.4 is 16.4 Å². The Morgan fingerprint density at radius 1 is 0.926 bits per heavy atom. The van der Waals surface area contributed by atoms with Gasteiger partial charge >= 0.3 is 5.97 Å². The Balaban J connectivity index is 1.98. The smallest absolute Gasteiger partial charge is 0.338 e. The third kappa shape index (κ3) is 5.67. The molecule has 8 heteroatoms. The molecule has 0 bridgehead atoms. The highest BCUT2D eigenvalue weighted by atomic mass is 16.5. The molecule has 0 aliphatic heterocycles. The van der Waals surface area contributed by atoms with Crippen LogP contribution in [0, 0.1) is 0 Å². The molecule has 1 atom stereocenters. The Bertz CT molecular complexity index is 877. The van der Waals surface area contributed by atoms with Crippen molar-refractivity contribution >= 4 is 35.1 Å². The van der Waals surface area contributed by atoms with Crippen molar-refractivity contribution in [3.8, 4) is 0 Å². The van der Waals surface area contributed by atoms with Crippen LogP contribution in [0.1, 0.15) is 34.6 Å². The van der Waals surface area contributed by atoms with Crippen molar-refractivity contribution in [3.05, 3.63) is 59.7 Å². The van der Waals surface area contributed by atoms with Gasteiger partial charge in [0.05, 0.1) is 5.56 Å². The largest absolute Gasteiger partial charge is 0.449 e. The zero-order chi connectivity index (χ0) is 20.0. The molecule has 0 saturated heterocycles. The Morgan fingerprint density at radius 3 is 2.19 bits per heavy atom. The molecular formula is C19H19N3O5. The van der Waals surface area contributed by atoms with E-state index in [9.17, 15) is 19.2 Å². The van der Waals surface area contributed by atoms with Gasteiger partial charge in [0.15, 0.2) is 6.10 Å². The summed E-state index contributed by atoms with van der Waals surface area (Å²) in [4.78, 5) is 46.5. The van der Waals surface area contributed by atoms with E-state index >= 15 is 0 Å². The quantitative estimate of drug-likeness (QED) is 0.670. The number of rotatable bonds is 6. The highest BCUT2D eigenvalue weighted by molar-refractivity contribution is 5.99. The summed E-state index contributed by atoms with van der Waals surface area (Å²) >= 11 is 0. The van der Waals surface area contributed by atoms with Crippen molar-refractivity contribution in [2.24, 2.45) is 5.73 Å². The molecule has 0 aliphatic carbocycles. The van der Waals surface area contributed by atoms with Gasteiger partial charge in [-0.3, -0.25) is 14.4 Å². The van der Waals surface area contributed by atoms with Gasteiger partial charge in [-0.2, -0.15) is 0 Å². The van der Waals surface area contributed by atoms with Crippen LogP contribution in [0.5, 0.6) is 0 Å². The van der Waals surface area contributed by atoms with Crippen LogP contribution in [0.25, 0.3) is 0 Å². The van der Waals surface area contributed by atoms with Crippen molar-refractivity contribution < 1.29 is 23.9 Å². The first-order valence-electron chi connectivity index (χ1n) is 8.05. The van der Waals surface area contributed by atoms with Crippen LogP contribution in [0.4, 0.5) is 11.4 Å². The second-order valence-corrected chi connectivity index (χ2v) is 5.74. The molecule has 140 valence electrons. The monoisotopic (exact) mass is 369 g/mol. The van der Waals surface area contributed by atoms with Crippen molar-refractivity contribution in [2.75, 3.05) is 10.6 Å². The van der Waals surface area contributed by atoms with Gasteiger partial charge in [0.2, 0.25) is 11.8 Å². The maximum Gasteiger partial charge on any atom is 0.338 e. The Morgan fingerprint density at radius 2 is 1.59 bits per heavy atom. The summed E-state index contributed by atoms with van der Waals surface area (Å²) in [5, 5.41) is 5.14. The van der Waals surface area contributed by atoms with E-state index in [1.165, 1.54) is 50.2 Å². The van der Waals surface area contributed by atoms with Crippen molar-refractivity contribution in [2.45, 2.75) is 20.0 Å². The molecule has 4 N–H and O–H groups in total. The minimum Gasteiger partial charge on any atom is -0.449 e. The first kappa shape index (κ1) is 19.6. The number of hydrogen-bond donors (Lipinski definition) is 3. The summed E-state index contributed by atoms with van der Waals surface area (Å²) in [7, 11) is 0. The summed E-state index contributed by atoms with van der Waals surface area (Å²) in [6.45, 7) is 2.79. The van der Waals surface area contributed by atoms with E-state index in [4.69, 9.17) is 10.5 Å². The number of carbonyl (C=O) groups excluding carboxylic acids is 4. The summed E-state index contributed by atoms with van der Waals surface area (Å²) in [5.74, 6) is -2.07. The zero-order valence-electron chi connectivity index (χ0n) is 14.8. The Hall–Kier alpha value is -3.68. The summed E-state index contributed by atoms with van der Waals surface area (Å²) in [6, 6.07) is 12.2. The van der Waals surface area contributed by atoms with Gasteiger partial charge in [-0.15, -0.1) is 0 Å². The van der Waals surface area contributed by atoms with Gasteiger partial charge in [-0.1, -0.05) is 6.07 Å². The van der Waals surface area contributed by atoms with Crippen molar-refractivity contribution in [1.29, 1.82) is 0 Å². The lowest BCUT2D eigenvalue weighted by atomic mass is 10.2. The van der Waals surface area contributed by atoms with E-state index in [1.807, 2.05) is 0 Å². The lowest BCUT2D eigenvalue weighted by molar-refractivity contribution is -0.123. The molecule has 2 aromatic carbocycles. The summed E-state index contributed by atoms with van der Waals surface area (Å²) in [5.41, 5.74) is 6.54. The number of hydrogen-bond acceptors (Lipinski definition) is 5. The number of nitrogens with two attached hydrogens (primary N) is 1. The Labute approximate surface area is 155 Å². The predicted octanol–water partition coefficient (Wildman–Crippen LogP) is 1.93. The third-order valence-electron chi connectivity index (χ3n) is 3.51. The fourth-order valence-electron chi connectivity index (χ4n) is 2.17. The second-order valence-electron chi connectivity index (χ2n) is 5.74. The molecule has 8 nitrogen and oxygen atoms in total. The first-order valence-corrected chi connectivity index (χ1v) is 8.05. The lowest BCUT2D eigenvalue weighted by Gasteiger charge is -2.14. The van der Waals surface area contributed by atoms with Gasteiger partial charge in [-0.25, -0.2) is 4.79 Å². The van der Waals surface area contributed by atoms with Gasteiger partial charge in [0, 0.05) is 23.9 Å². The fraction of sp³-hybridized carbons (Fsp3) is 0.158. The molecule has 2 aromatic rings. The van der Waals surface area contributed by atoms with Gasteiger partial charge in [-0.05, 0) is 49.4 Å². The van der Waals surface area contributed by atoms with Crippen LogP contribution in [-0.4, -0.2) is 29.8 Å². The van der Waals surface area contributed by atoms with E-state index in [1.54, 1.807) is 12.1 Å². The molecule has 0 radical (unpaired) electrons. The number of benzene rings is 2. The maximum absolute atomic E-state index is 12.2. The number of carbonyl (C=O) groups is 4. The van der Waals surface area contributed by atoms with Crippen molar-refractivity contribution in [1.82, 2.24) is 0 Å². The Kier molecular flexibility index (Phi) is 6.27. The van der Waals surface area contributed by atoms with E-state index in [0.29, 0.717) is 16.9 Å². The summed E-state index contributed by atoms with van der Waals surface area (Å²) < 4.78 is 5.15. The number of amides is 3. The van der Waals surface area contributed by atoms with Crippen LogP contribution in [-0.2, 0) is 14.3 Å². The fourth-order valence-corrected chi connectivity index (χ4v) is 2.17. The molecule has 3 amide bonds. The maximum atomic E-state index is 12.2. The number of anilines is 2. The molecule has 2 rings (SSSR count). The van der Waals surface area contributed by atoms with Crippen LogP contribution in [0.2, 0.25) is 0 Å². The molecule has 0 saturated carbocycles. The molecule has 0 aromatic heterocycles. The molecule has 0 heterocycles. The van der Waals surface area contributed by atoms with E-state index < -0.39 is 23.9 Å². The van der Waals surface area contributed by atoms with E-state index in [0.717, 1.165) is 0 Å². The molecule has 0 fully saturated rings. The average Bonchev–Trinajstić information content (AvgIpc) is 2.61. The second kappa shape index (κ2) is 8.61. The van der Waals surface area contributed by atoms with E-state index in [2.05, 4.69) is 10.6 Å². The van der Waals surface area contributed by atoms with Crippen LogP contribution in [0.15, 0.2) is 48.5 Å². The first-order chi connectivity index (χ1) is 12.8. The molecule has 0 spiro atoms.